The van der Waals surface area contributed by atoms with Crippen LogP contribution in [-0.4, -0.2) is 70.0 Å². The number of hydrogen-bond donors (Lipinski definition) is 1. The van der Waals surface area contributed by atoms with Gasteiger partial charge in [-0.15, -0.1) is 0 Å². The predicted molar refractivity (Wildman–Crippen MR) is 159 cm³/mol. The molecule has 1 fully saturated rings. The lowest BCUT2D eigenvalue weighted by molar-refractivity contribution is 0.0452. The molecule has 0 unspecified atom stereocenters. The maximum atomic E-state index is 13.5. The molecule has 41 heavy (non-hydrogen) atoms. The van der Waals surface area contributed by atoms with E-state index in [-0.39, 0.29) is 11.9 Å². The molecule has 0 spiro atoms. The summed E-state index contributed by atoms with van der Waals surface area (Å²) in [4.78, 5) is 32.6. The highest BCUT2D eigenvalue weighted by Gasteiger charge is 2.28. The molecule has 1 aliphatic heterocycles. The zero-order valence-corrected chi connectivity index (χ0v) is 24.9. The second-order valence-corrected chi connectivity index (χ2v) is 11.4. The second-order valence-electron chi connectivity index (χ2n) is 11.4. The summed E-state index contributed by atoms with van der Waals surface area (Å²) in [6, 6.07) is 11.5. The van der Waals surface area contributed by atoms with Crippen LogP contribution in [0.4, 0.5) is 4.79 Å². The molecule has 0 aliphatic carbocycles. The van der Waals surface area contributed by atoms with Crippen LogP contribution in [0.3, 0.4) is 0 Å². The van der Waals surface area contributed by atoms with E-state index in [1.807, 2.05) is 58.2 Å². The van der Waals surface area contributed by atoms with Gasteiger partial charge in [-0.05, 0) is 76.9 Å². The SMILES string of the molecule is CCn1c(-c2nc3cc(C(=O)N4CCC[C@@H](NC(=O)OC(C)(C)C)C4)ccc3n2C)cc2ccc(OC)c(OC)c21. The number of carbonyl (C=O) groups excluding carboxylic acids is 2. The van der Waals surface area contributed by atoms with Crippen LogP contribution in [0.25, 0.3) is 33.5 Å². The van der Waals surface area contributed by atoms with Crippen LogP contribution in [0, 0.1) is 0 Å². The topological polar surface area (TPSA) is 99.9 Å². The van der Waals surface area contributed by atoms with Gasteiger partial charge in [0.05, 0.1) is 36.5 Å². The number of imidazole rings is 1. The van der Waals surface area contributed by atoms with Crippen molar-refractivity contribution in [2.45, 2.75) is 58.7 Å². The first-order valence-electron chi connectivity index (χ1n) is 14.0. The molecule has 0 radical (unpaired) electrons. The Morgan fingerprint density at radius 1 is 1.10 bits per heavy atom. The average Bonchev–Trinajstić information content (AvgIpc) is 3.47. The molecule has 4 aromatic rings. The van der Waals surface area contributed by atoms with Gasteiger partial charge in [0.1, 0.15) is 5.60 Å². The highest BCUT2D eigenvalue weighted by molar-refractivity contribution is 5.98. The monoisotopic (exact) mass is 561 g/mol. The van der Waals surface area contributed by atoms with Crippen molar-refractivity contribution in [3.8, 4) is 23.0 Å². The summed E-state index contributed by atoms with van der Waals surface area (Å²) in [5, 5.41) is 3.95. The number of ether oxygens (including phenoxy) is 3. The molecule has 1 saturated heterocycles. The zero-order chi connectivity index (χ0) is 29.5. The van der Waals surface area contributed by atoms with Crippen molar-refractivity contribution in [1.29, 1.82) is 0 Å². The molecule has 2 amide bonds. The third-order valence-corrected chi connectivity index (χ3v) is 7.51. The lowest BCUT2D eigenvalue weighted by Gasteiger charge is -2.33. The van der Waals surface area contributed by atoms with E-state index >= 15 is 0 Å². The highest BCUT2D eigenvalue weighted by atomic mass is 16.6. The van der Waals surface area contributed by atoms with Gasteiger partial charge in [0.25, 0.3) is 5.91 Å². The lowest BCUT2D eigenvalue weighted by atomic mass is 10.0. The normalized spacial score (nSPS) is 15.8. The maximum absolute atomic E-state index is 13.5. The van der Waals surface area contributed by atoms with E-state index in [9.17, 15) is 9.59 Å². The number of methoxy groups -OCH3 is 2. The Bertz CT molecular complexity index is 1610. The van der Waals surface area contributed by atoms with E-state index in [1.165, 1.54) is 0 Å². The van der Waals surface area contributed by atoms with E-state index in [2.05, 4.69) is 27.4 Å². The van der Waals surface area contributed by atoms with Crippen LogP contribution in [0.1, 0.15) is 50.9 Å². The number of nitrogens with zero attached hydrogens (tertiary/aromatic N) is 4. The van der Waals surface area contributed by atoms with Crippen LogP contribution in [0.15, 0.2) is 36.4 Å². The number of hydrogen-bond acceptors (Lipinski definition) is 6. The standard InChI is InChI=1S/C31H39N5O5/c1-8-36-24(17-19-12-14-25(39-6)27(40-7)26(19)36)28-33-22-16-20(11-13-23(22)34(28)5)29(37)35-15-9-10-21(18-35)32-30(38)41-31(2,3)4/h11-14,16-17,21H,8-10,15,18H2,1-7H3,(H,32,38)/t21-/m1/s1. The Balaban J connectivity index is 1.43. The van der Waals surface area contributed by atoms with Gasteiger partial charge in [0.15, 0.2) is 17.3 Å². The van der Waals surface area contributed by atoms with Gasteiger partial charge in [-0.25, -0.2) is 9.78 Å². The first-order valence-corrected chi connectivity index (χ1v) is 14.0. The molecule has 2 aromatic carbocycles. The van der Waals surface area contributed by atoms with E-state index in [0.29, 0.717) is 36.7 Å². The van der Waals surface area contributed by atoms with Crippen LogP contribution in [0.5, 0.6) is 11.5 Å². The number of aryl methyl sites for hydroxylation is 2. The number of likely N-dealkylation sites (tertiary alicyclic amines) is 1. The molecule has 0 bridgehead atoms. The zero-order valence-electron chi connectivity index (χ0n) is 24.9. The van der Waals surface area contributed by atoms with Crippen LogP contribution in [-0.2, 0) is 18.3 Å². The smallest absolute Gasteiger partial charge is 0.407 e. The number of amides is 2. The molecule has 5 rings (SSSR count). The van der Waals surface area contributed by atoms with Gasteiger partial charge in [-0.2, -0.15) is 0 Å². The fourth-order valence-corrected chi connectivity index (χ4v) is 5.68. The molecule has 0 saturated carbocycles. The number of alkyl carbamates (subject to hydrolysis) is 1. The van der Waals surface area contributed by atoms with Crippen molar-refractivity contribution in [3.05, 3.63) is 42.0 Å². The van der Waals surface area contributed by atoms with Gasteiger partial charge in [-0.1, -0.05) is 0 Å². The Labute approximate surface area is 240 Å². The van der Waals surface area contributed by atoms with Gasteiger partial charge in [-0.3, -0.25) is 4.79 Å². The van der Waals surface area contributed by atoms with Crippen molar-refractivity contribution in [1.82, 2.24) is 24.3 Å². The summed E-state index contributed by atoms with van der Waals surface area (Å²) in [7, 11) is 5.27. The summed E-state index contributed by atoms with van der Waals surface area (Å²) in [6.45, 7) is 9.37. The Morgan fingerprint density at radius 2 is 1.88 bits per heavy atom. The summed E-state index contributed by atoms with van der Waals surface area (Å²) in [5.41, 5.74) is 3.57. The van der Waals surface area contributed by atoms with Crippen LogP contribution < -0.4 is 14.8 Å². The Kier molecular flexibility index (Phi) is 7.59. The molecule has 218 valence electrons. The van der Waals surface area contributed by atoms with Crippen LogP contribution >= 0.6 is 0 Å². The number of aromatic nitrogens is 3. The van der Waals surface area contributed by atoms with E-state index in [1.54, 1.807) is 19.1 Å². The lowest BCUT2D eigenvalue weighted by Crippen LogP contribution is -2.50. The number of nitrogens with one attached hydrogen (secondary N) is 1. The number of carbonyl (C=O) groups is 2. The van der Waals surface area contributed by atoms with Crippen molar-refractivity contribution in [2.75, 3.05) is 27.3 Å². The highest BCUT2D eigenvalue weighted by Crippen LogP contribution is 2.40. The average molecular weight is 562 g/mol. The number of benzene rings is 2. The summed E-state index contributed by atoms with van der Waals surface area (Å²) in [5.74, 6) is 2.08. The molecule has 1 atom stereocenters. The maximum Gasteiger partial charge on any atom is 0.407 e. The molecule has 10 heteroatoms. The Morgan fingerprint density at radius 3 is 2.56 bits per heavy atom. The van der Waals surface area contributed by atoms with Crippen molar-refractivity contribution < 1.29 is 23.8 Å². The summed E-state index contributed by atoms with van der Waals surface area (Å²) in [6.07, 6.45) is 1.14. The molecule has 10 nitrogen and oxygen atoms in total. The van der Waals surface area contributed by atoms with Crippen molar-refractivity contribution >= 4 is 33.9 Å². The van der Waals surface area contributed by atoms with E-state index < -0.39 is 11.7 Å². The minimum Gasteiger partial charge on any atom is -0.493 e. The first-order chi connectivity index (χ1) is 19.5. The number of fused-ring (bicyclic) bond motifs is 2. The van der Waals surface area contributed by atoms with Crippen LogP contribution in [0.2, 0.25) is 0 Å². The molecule has 3 heterocycles. The van der Waals surface area contributed by atoms with E-state index in [0.717, 1.165) is 46.3 Å². The molecular formula is C31H39N5O5. The fraction of sp³-hybridized carbons (Fsp3) is 0.452. The largest absolute Gasteiger partial charge is 0.493 e. The minimum atomic E-state index is -0.574. The third kappa shape index (κ3) is 5.42. The van der Waals surface area contributed by atoms with Crippen molar-refractivity contribution in [2.24, 2.45) is 7.05 Å². The van der Waals surface area contributed by atoms with Crippen molar-refractivity contribution in [3.63, 3.8) is 0 Å². The first kappa shape index (κ1) is 28.3. The molecule has 1 aliphatic rings. The molecule has 2 aromatic heterocycles. The third-order valence-electron chi connectivity index (χ3n) is 7.51. The second kappa shape index (κ2) is 11.0. The van der Waals surface area contributed by atoms with Gasteiger partial charge in [0, 0.05) is 43.7 Å². The predicted octanol–water partition coefficient (Wildman–Crippen LogP) is 5.36. The number of rotatable bonds is 6. The Hall–Kier alpha value is -4.21. The molecule has 1 N–H and O–H groups in total. The minimum absolute atomic E-state index is 0.0747. The summed E-state index contributed by atoms with van der Waals surface area (Å²) < 4.78 is 20.9. The molecular weight excluding hydrogens is 522 g/mol. The summed E-state index contributed by atoms with van der Waals surface area (Å²) >= 11 is 0. The fourth-order valence-electron chi connectivity index (χ4n) is 5.68. The quantitative estimate of drug-likeness (QED) is 0.340. The van der Waals surface area contributed by atoms with Gasteiger partial charge < -0.3 is 33.6 Å². The number of piperidine rings is 1. The van der Waals surface area contributed by atoms with Gasteiger partial charge >= 0.3 is 6.09 Å². The van der Waals surface area contributed by atoms with Gasteiger partial charge in [0.2, 0.25) is 0 Å². The van der Waals surface area contributed by atoms with E-state index in [4.69, 9.17) is 19.2 Å².